The van der Waals surface area contributed by atoms with Crippen molar-refractivity contribution in [3.63, 3.8) is 0 Å². The number of anilines is 1. The minimum absolute atomic E-state index is 0.119. The summed E-state index contributed by atoms with van der Waals surface area (Å²) in [5, 5.41) is 6.31. The van der Waals surface area contributed by atoms with E-state index in [4.69, 9.17) is 0 Å². The highest BCUT2D eigenvalue weighted by molar-refractivity contribution is 5.94. The molecule has 5 rings (SSSR count). The largest absolute Gasteiger partial charge is 0.346 e. The van der Waals surface area contributed by atoms with Gasteiger partial charge in [-0.05, 0) is 88.3 Å². The first kappa shape index (κ1) is 25.7. The molecular formula is C28H34N6O4. The fraction of sp³-hybridized carbons (Fsp3) is 0.464. The summed E-state index contributed by atoms with van der Waals surface area (Å²) < 4.78 is 2.98. The fourth-order valence-corrected chi connectivity index (χ4v) is 5.08. The van der Waals surface area contributed by atoms with Gasteiger partial charge in [-0.15, -0.1) is 0 Å². The van der Waals surface area contributed by atoms with Gasteiger partial charge in [-0.3, -0.25) is 23.7 Å². The summed E-state index contributed by atoms with van der Waals surface area (Å²) in [6, 6.07) is 8.07. The van der Waals surface area contributed by atoms with Gasteiger partial charge >= 0.3 is 11.7 Å². The van der Waals surface area contributed by atoms with Crippen LogP contribution in [-0.2, 0) is 6.54 Å². The smallest absolute Gasteiger partial charge is 0.331 e. The highest BCUT2D eigenvalue weighted by atomic mass is 16.2. The van der Waals surface area contributed by atoms with Gasteiger partial charge in [0.1, 0.15) is 5.69 Å². The fourth-order valence-electron chi connectivity index (χ4n) is 5.08. The Morgan fingerprint density at radius 2 is 1.89 bits per heavy atom. The van der Waals surface area contributed by atoms with E-state index in [1.165, 1.54) is 4.57 Å². The van der Waals surface area contributed by atoms with Crippen molar-refractivity contribution in [2.75, 3.05) is 18.4 Å². The third-order valence-corrected chi connectivity index (χ3v) is 7.27. The maximum absolute atomic E-state index is 13.3. The lowest BCUT2D eigenvalue weighted by Gasteiger charge is -2.33. The summed E-state index contributed by atoms with van der Waals surface area (Å²) in [5.41, 5.74) is 1.75. The molecule has 0 radical (unpaired) electrons. The third-order valence-electron chi connectivity index (χ3n) is 7.27. The number of carbonyl (C=O) groups is 2. The number of aromatic nitrogens is 3. The average Bonchev–Trinajstić information content (AvgIpc) is 3.71. The number of benzene rings is 1. The average molecular weight is 519 g/mol. The number of likely N-dealkylation sites (tertiary alicyclic amines) is 1. The van der Waals surface area contributed by atoms with E-state index in [2.05, 4.69) is 15.6 Å². The van der Waals surface area contributed by atoms with Crippen molar-refractivity contribution in [2.24, 2.45) is 5.92 Å². The van der Waals surface area contributed by atoms with Gasteiger partial charge in [-0.2, -0.15) is 0 Å². The molecule has 10 heteroatoms. The molecule has 2 aliphatic rings. The van der Waals surface area contributed by atoms with Gasteiger partial charge in [0.2, 0.25) is 0 Å². The molecule has 3 amide bonds. The van der Waals surface area contributed by atoms with E-state index in [1.54, 1.807) is 39.9 Å². The second kappa shape index (κ2) is 10.4. The number of nitrogens with zero attached hydrogens (tertiary/aromatic N) is 4. The molecule has 1 aliphatic carbocycles. The van der Waals surface area contributed by atoms with Crippen molar-refractivity contribution in [3.05, 3.63) is 68.6 Å². The molecule has 1 unspecified atom stereocenters. The number of carbonyl (C=O) groups excluding carboxylic acids is 2. The summed E-state index contributed by atoms with van der Waals surface area (Å²) in [6.07, 6.45) is 5.19. The zero-order valence-corrected chi connectivity index (χ0v) is 22.1. The summed E-state index contributed by atoms with van der Waals surface area (Å²) in [5.74, 6) is 0.116. The number of urea groups is 1. The molecule has 1 aromatic carbocycles. The van der Waals surface area contributed by atoms with Crippen LogP contribution in [0.3, 0.4) is 0 Å². The molecule has 0 bridgehead atoms. The van der Waals surface area contributed by atoms with Gasteiger partial charge in [0, 0.05) is 43.6 Å². The number of fused-ring (bicyclic) bond motifs is 1. The Morgan fingerprint density at radius 1 is 1.11 bits per heavy atom. The molecule has 0 spiro atoms. The van der Waals surface area contributed by atoms with Crippen molar-refractivity contribution < 1.29 is 9.59 Å². The van der Waals surface area contributed by atoms with Crippen LogP contribution in [-0.4, -0.2) is 50.1 Å². The van der Waals surface area contributed by atoms with Gasteiger partial charge in [0.15, 0.2) is 0 Å². The Bertz CT molecular complexity index is 1500. The van der Waals surface area contributed by atoms with Crippen molar-refractivity contribution in [2.45, 2.75) is 65.1 Å². The Labute approximate surface area is 220 Å². The monoisotopic (exact) mass is 518 g/mol. The molecule has 3 aromatic rings. The number of amides is 3. The normalized spacial score (nSPS) is 17.6. The molecule has 200 valence electrons. The van der Waals surface area contributed by atoms with Crippen molar-refractivity contribution in [1.82, 2.24) is 24.3 Å². The molecular weight excluding hydrogens is 484 g/mol. The van der Waals surface area contributed by atoms with Crippen molar-refractivity contribution in [3.8, 4) is 0 Å². The Hall–Kier alpha value is -3.95. The van der Waals surface area contributed by atoms with E-state index >= 15 is 0 Å². The van der Waals surface area contributed by atoms with E-state index in [9.17, 15) is 19.2 Å². The van der Waals surface area contributed by atoms with Gasteiger partial charge in [0.05, 0.1) is 10.9 Å². The second-order valence-electron chi connectivity index (χ2n) is 10.7. The maximum atomic E-state index is 13.3. The Kier molecular flexibility index (Phi) is 7.05. The quantitative estimate of drug-likeness (QED) is 0.519. The first-order valence-electron chi connectivity index (χ1n) is 13.3. The molecule has 10 nitrogen and oxygen atoms in total. The Balaban J connectivity index is 1.33. The number of aryl methyl sites for hydroxylation is 1. The Morgan fingerprint density at radius 3 is 2.61 bits per heavy atom. The lowest BCUT2D eigenvalue weighted by Crippen LogP contribution is -2.50. The van der Waals surface area contributed by atoms with E-state index in [1.807, 2.05) is 26.8 Å². The van der Waals surface area contributed by atoms with Crippen LogP contribution in [0.4, 0.5) is 10.5 Å². The van der Waals surface area contributed by atoms with Crippen LogP contribution in [0.25, 0.3) is 10.9 Å². The van der Waals surface area contributed by atoms with Gasteiger partial charge in [-0.1, -0.05) is 0 Å². The highest BCUT2D eigenvalue weighted by Gasteiger charge is 2.27. The van der Waals surface area contributed by atoms with Crippen LogP contribution in [0, 0.1) is 12.8 Å². The molecule has 1 aliphatic heterocycles. The zero-order chi connectivity index (χ0) is 27.0. The number of nitrogens with one attached hydrogen (secondary N) is 2. The molecule has 2 aromatic heterocycles. The topological polar surface area (TPSA) is 118 Å². The number of hydrogen-bond acceptors (Lipinski definition) is 5. The van der Waals surface area contributed by atoms with Gasteiger partial charge in [0.25, 0.3) is 11.5 Å². The maximum Gasteiger partial charge on any atom is 0.331 e. The molecule has 1 atom stereocenters. The molecule has 2 N–H and O–H groups in total. The van der Waals surface area contributed by atoms with Crippen LogP contribution < -0.4 is 21.9 Å². The molecule has 1 saturated carbocycles. The highest BCUT2D eigenvalue weighted by Crippen LogP contribution is 2.30. The third kappa shape index (κ3) is 5.34. The predicted molar refractivity (Wildman–Crippen MR) is 146 cm³/mol. The minimum atomic E-state index is -0.324. The number of pyridine rings is 1. The van der Waals surface area contributed by atoms with E-state index in [-0.39, 0.29) is 35.3 Å². The van der Waals surface area contributed by atoms with Gasteiger partial charge < -0.3 is 15.5 Å². The summed E-state index contributed by atoms with van der Waals surface area (Å²) >= 11 is 0. The van der Waals surface area contributed by atoms with Crippen LogP contribution in [0.2, 0.25) is 0 Å². The molecule has 38 heavy (non-hydrogen) atoms. The van der Waals surface area contributed by atoms with Crippen molar-refractivity contribution >= 4 is 28.5 Å². The number of piperidine rings is 1. The lowest BCUT2D eigenvalue weighted by atomic mass is 10.1. The standard InChI is InChI=1S/C28H34N6O4/c1-17(2)34-24-9-8-20(14-22(24)26(36)33(28(34)38)15-19-6-7-19)31-27(37)32-12-4-5-21(16-32)30-25(35)23-13-18(3)10-11-29-23/h8-11,13-14,17,19,21H,4-7,12,15-16H2,1-3H3,(H,30,35)(H,31,37). The molecule has 1 saturated heterocycles. The summed E-state index contributed by atoms with van der Waals surface area (Å²) in [6.45, 7) is 7.11. The predicted octanol–water partition coefficient (Wildman–Crippen LogP) is 3.28. The van der Waals surface area contributed by atoms with E-state index < -0.39 is 0 Å². The molecule has 2 fully saturated rings. The second-order valence-corrected chi connectivity index (χ2v) is 10.7. The number of hydrogen-bond donors (Lipinski definition) is 2. The van der Waals surface area contributed by atoms with Crippen LogP contribution in [0.5, 0.6) is 0 Å². The van der Waals surface area contributed by atoms with Crippen LogP contribution in [0.1, 0.15) is 61.6 Å². The summed E-state index contributed by atoms with van der Waals surface area (Å²) in [4.78, 5) is 58.0. The van der Waals surface area contributed by atoms with Crippen molar-refractivity contribution in [1.29, 1.82) is 0 Å². The minimum Gasteiger partial charge on any atom is -0.346 e. The van der Waals surface area contributed by atoms with Crippen LogP contribution in [0.15, 0.2) is 46.1 Å². The van der Waals surface area contributed by atoms with Gasteiger partial charge in [-0.25, -0.2) is 9.59 Å². The first-order chi connectivity index (χ1) is 18.2. The SMILES string of the molecule is Cc1ccnc(C(=O)NC2CCCN(C(=O)Nc3ccc4c(c3)c(=O)n(CC3CC3)c(=O)n4C(C)C)C2)c1. The number of rotatable bonds is 6. The molecule has 3 heterocycles. The van der Waals surface area contributed by atoms with Crippen LogP contribution >= 0.6 is 0 Å². The lowest BCUT2D eigenvalue weighted by molar-refractivity contribution is 0.0908. The first-order valence-corrected chi connectivity index (χ1v) is 13.3. The van der Waals surface area contributed by atoms with E-state index in [0.717, 1.165) is 31.2 Å². The van der Waals surface area contributed by atoms with E-state index in [0.29, 0.717) is 47.8 Å². The summed E-state index contributed by atoms with van der Waals surface area (Å²) in [7, 11) is 0. The zero-order valence-electron chi connectivity index (χ0n) is 22.1.